The van der Waals surface area contributed by atoms with E-state index in [-0.39, 0.29) is 6.54 Å². The fourth-order valence-corrected chi connectivity index (χ4v) is 4.14. The number of rotatable bonds is 22. The van der Waals surface area contributed by atoms with Crippen LogP contribution in [0, 0.1) is 0 Å². The zero-order valence-corrected chi connectivity index (χ0v) is 22.4. The quantitative estimate of drug-likeness (QED) is 0.0794. The molecule has 0 aromatic rings. The molecule has 0 saturated carbocycles. The molecule has 0 spiro atoms. The smallest absolute Gasteiger partial charge is 0.307 e. The molecule has 196 valence electrons. The van der Waals surface area contributed by atoms with Crippen LogP contribution in [0.25, 0.3) is 0 Å². The molecule has 0 amide bonds. The van der Waals surface area contributed by atoms with Crippen molar-refractivity contribution < 1.29 is 24.3 Å². The van der Waals surface area contributed by atoms with E-state index in [9.17, 15) is 14.7 Å². The minimum atomic E-state index is -1.90. The number of ketones is 1. The lowest BCUT2D eigenvalue weighted by molar-refractivity contribution is -0.875. The van der Waals surface area contributed by atoms with Crippen LogP contribution in [0.3, 0.4) is 0 Å². The van der Waals surface area contributed by atoms with Crippen LogP contribution in [0.5, 0.6) is 0 Å². The molecule has 2 N–H and O–H groups in total. The van der Waals surface area contributed by atoms with Crippen molar-refractivity contribution >= 4 is 11.8 Å². The van der Waals surface area contributed by atoms with E-state index >= 15 is 0 Å². The van der Waals surface area contributed by atoms with Crippen LogP contribution in [0.1, 0.15) is 103 Å². The Balaban J connectivity index is 3.93. The molecule has 0 aromatic carbocycles. The summed E-state index contributed by atoms with van der Waals surface area (Å²) < 4.78 is 0.293. The van der Waals surface area contributed by atoms with Crippen molar-refractivity contribution in [2.75, 3.05) is 27.7 Å². The minimum Gasteiger partial charge on any atom is -0.481 e. The summed E-state index contributed by atoms with van der Waals surface area (Å²) in [6.45, 7) is 2.30. The lowest BCUT2D eigenvalue weighted by Gasteiger charge is -2.33. The van der Waals surface area contributed by atoms with Gasteiger partial charge in [-0.05, 0) is 18.9 Å². The van der Waals surface area contributed by atoms with Crippen molar-refractivity contribution in [3.8, 4) is 0 Å². The molecular weight excluding hydrogens is 426 g/mol. The van der Waals surface area contributed by atoms with Gasteiger partial charge in [-0.2, -0.15) is 0 Å². The average molecular weight is 479 g/mol. The number of unbranched alkanes of at least 4 members (excludes halogenated alkanes) is 13. The van der Waals surface area contributed by atoms with Crippen molar-refractivity contribution in [2.45, 2.75) is 109 Å². The zero-order valence-electron chi connectivity index (χ0n) is 22.4. The number of nitrogens with zero attached hydrogens (tertiary/aromatic N) is 1. The highest BCUT2D eigenvalue weighted by Crippen LogP contribution is 2.17. The van der Waals surface area contributed by atoms with Crippen LogP contribution < -0.4 is 0 Å². The summed E-state index contributed by atoms with van der Waals surface area (Å²) in [5, 5.41) is 19.7. The van der Waals surface area contributed by atoms with Gasteiger partial charge < -0.3 is 14.7 Å². The number of carboxylic acid groups (broad SMARTS) is 1. The number of quaternary nitrogens is 1. The van der Waals surface area contributed by atoms with Gasteiger partial charge in [0.25, 0.3) is 0 Å². The normalized spacial score (nSPS) is 14.4. The van der Waals surface area contributed by atoms with Gasteiger partial charge in [0.2, 0.25) is 0 Å². The predicted molar refractivity (Wildman–Crippen MR) is 143 cm³/mol. The summed E-state index contributed by atoms with van der Waals surface area (Å²) in [5.74, 6) is -1.77. The van der Waals surface area contributed by atoms with Crippen LogP contribution in [0.15, 0.2) is 36.5 Å². The Morgan fingerprint density at radius 1 is 0.735 bits per heavy atom. The number of likely N-dealkylation sites (N-methyl/N-ethyl adjacent to an activating group) is 1. The second kappa shape index (κ2) is 19.6. The van der Waals surface area contributed by atoms with E-state index in [2.05, 4.69) is 13.0 Å². The number of hydrogen-bond donors (Lipinski definition) is 2. The van der Waals surface area contributed by atoms with Crippen molar-refractivity contribution in [3.05, 3.63) is 36.5 Å². The number of aliphatic hydroxyl groups is 1. The fraction of sp³-hybridized carbons (Fsp3) is 0.724. The summed E-state index contributed by atoms with van der Waals surface area (Å²) in [6, 6.07) is 0. The van der Waals surface area contributed by atoms with E-state index in [1.165, 1.54) is 89.5 Å². The first kappa shape index (κ1) is 32.3. The summed E-state index contributed by atoms with van der Waals surface area (Å²) in [4.78, 5) is 23.5. The third-order valence-corrected chi connectivity index (χ3v) is 5.83. The van der Waals surface area contributed by atoms with E-state index in [4.69, 9.17) is 5.11 Å². The van der Waals surface area contributed by atoms with Gasteiger partial charge in [-0.1, -0.05) is 114 Å². The second-order valence-corrected chi connectivity index (χ2v) is 10.6. The van der Waals surface area contributed by atoms with E-state index in [1.807, 2.05) is 33.3 Å². The summed E-state index contributed by atoms with van der Waals surface area (Å²) >= 11 is 0. The van der Waals surface area contributed by atoms with Crippen molar-refractivity contribution in [1.82, 2.24) is 0 Å². The highest BCUT2D eigenvalue weighted by Gasteiger charge is 2.41. The van der Waals surface area contributed by atoms with Crippen molar-refractivity contribution in [1.29, 1.82) is 0 Å². The van der Waals surface area contributed by atoms with E-state index < -0.39 is 23.8 Å². The van der Waals surface area contributed by atoms with E-state index in [0.29, 0.717) is 4.48 Å². The molecule has 0 aliphatic rings. The average Bonchev–Trinajstić information content (AvgIpc) is 2.73. The van der Waals surface area contributed by atoms with Gasteiger partial charge in [0, 0.05) is 0 Å². The standard InChI is InChI=1S/C29H51NO4/c1-5-6-7-8-9-10-11-12-13-14-15-16-17-18-19-20-21-22-23-24-27(31)29(34,25-28(32)33)26-30(2,3)4/h19-24,34H,5-18,25-26H2,1-4H3/p+1. The first-order valence-corrected chi connectivity index (χ1v) is 13.4. The second-order valence-electron chi connectivity index (χ2n) is 10.6. The molecule has 0 saturated heterocycles. The Hall–Kier alpha value is -1.72. The van der Waals surface area contributed by atoms with Crippen LogP contribution in [0.2, 0.25) is 0 Å². The SMILES string of the molecule is CCCCCCCCCCCCCCCC=CC=CC=CC(=O)C(O)(CC(=O)O)C[N+](C)(C)C. The number of allylic oxidation sites excluding steroid dienone is 5. The first-order chi connectivity index (χ1) is 16.1. The molecule has 0 radical (unpaired) electrons. The van der Waals surface area contributed by atoms with Gasteiger partial charge in [-0.15, -0.1) is 0 Å². The summed E-state index contributed by atoms with van der Waals surface area (Å²) in [7, 11) is 5.43. The van der Waals surface area contributed by atoms with Gasteiger partial charge in [-0.3, -0.25) is 9.59 Å². The molecule has 0 aliphatic carbocycles. The minimum absolute atomic E-state index is 0.0330. The molecular formula is C29H52NO4+. The van der Waals surface area contributed by atoms with Crippen LogP contribution >= 0.6 is 0 Å². The lowest BCUT2D eigenvalue weighted by Crippen LogP contribution is -2.54. The molecule has 0 rings (SSSR count). The maximum atomic E-state index is 12.4. The van der Waals surface area contributed by atoms with Crippen LogP contribution in [-0.2, 0) is 9.59 Å². The topological polar surface area (TPSA) is 74.6 Å². The largest absolute Gasteiger partial charge is 0.481 e. The summed E-state index contributed by atoms with van der Waals surface area (Å²) in [5.41, 5.74) is -1.90. The Morgan fingerprint density at radius 2 is 1.21 bits per heavy atom. The Kier molecular flexibility index (Phi) is 18.6. The monoisotopic (exact) mass is 478 g/mol. The Labute approximate surface area is 209 Å². The molecule has 0 heterocycles. The molecule has 1 unspecified atom stereocenters. The maximum absolute atomic E-state index is 12.4. The van der Waals surface area contributed by atoms with Gasteiger partial charge in [-0.25, -0.2) is 0 Å². The predicted octanol–water partition coefficient (Wildman–Crippen LogP) is 6.62. The molecule has 34 heavy (non-hydrogen) atoms. The maximum Gasteiger partial charge on any atom is 0.307 e. The third kappa shape index (κ3) is 19.7. The molecule has 1 atom stereocenters. The molecule has 0 bridgehead atoms. The van der Waals surface area contributed by atoms with Gasteiger partial charge in [0.05, 0.1) is 27.6 Å². The lowest BCUT2D eigenvalue weighted by atomic mass is 9.92. The van der Waals surface area contributed by atoms with Crippen LogP contribution in [-0.4, -0.2) is 59.7 Å². The highest BCUT2D eigenvalue weighted by atomic mass is 16.4. The van der Waals surface area contributed by atoms with Gasteiger partial charge in [0.1, 0.15) is 6.54 Å². The van der Waals surface area contributed by atoms with Crippen LogP contribution in [0.4, 0.5) is 0 Å². The van der Waals surface area contributed by atoms with Crippen molar-refractivity contribution in [3.63, 3.8) is 0 Å². The Bertz CT molecular complexity index is 631. The van der Waals surface area contributed by atoms with Gasteiger partial charge in [0.15, 0.2) is 11.4 Å². The molecule has 0 aliphatic heterocycles. The molecule has 5 nitrogen and oxygen atoms in total. The zero-order chi connectivity index (χ0) is 25.7. The first-order valence-electron chi connectivity index (χ1n) is 13.4. The number of aliphatic carboxylic acids is 1. The number of carboxylic acids is 1. The summed E-state index contributed by atoms with van der Waals surface area (Å²) in [6.07, 6.45) is 28.6. The van der Waals surface area contributed by atoms with E-state index in [0.717, 1.165) is 6.42 Å². The number of carbonyl (C=O) groups is 2. The molecule has 5 heteroatoms. The van der Waals surface area contributed by atoms with E-state index in [1.54, 1.807) is 12.2 Å². The number of hydrogen-bond acceptors (Lipinski definition) is 3. The highest BCUT2D eigenvalue weighted by molar-refractivity contribution is 5.99. The molecule has 0 fully saturated rings. The third-order valence-electron chi connectivity index (χ3n) is 5.83. The number of carbonyl (C=O) groups excluding carboxylic acids is 1. The Morgan fingerprint density at radius 3 is 1.68 bits per heavy atom. The van der Waals surface area contributed by atoms with Crippen molar-refractivity contribution in [2.24, 2.45) is 0 Å². The fourth-order valence-electron chi connectivity index (χ4n) is 4.14. The molecule has 0 aromatic heterocycles. The van der Waals surface area contributed by atoms with Gasteiger partial charge >= 0.3 is 5.97 Å².